The van der Waals surface area contributed by atoms with Gasteiger partial charge in [-0.3, -0.25) is 19.7 Å². The first kappa shape index (κ1) is 17.9. The number of carbonyl (C=O) groups is 1. The van der Waals surface area contributed by atoms with Gasteiger partial charge >= 0.3 is 0 Å². The zero-order chi connectivity index (χ0) is 18.6. The summed E-state index contributed by atoms with van der Waals surface area (Å²) in [4.78, 5) is 23.0. The number of aromatic nitrogens is 2. The molecule has 1 saturated carbocycles. The summed E-state index contributed by atoms with van der Waals surface area (Å²) in [5.41, 5.74) is 2.09. The van der Waals surface area contributed by atoms with Crippen LogP contribution in [0.1, 0.15) is 30.6 Å². The van der Waals surface area contributed by atoms with E-state index in [0.717, 1.165) is 55.1 Å². The molecule has 2 aromatic heterocycles. The molecule has 0 aromatic carbocycles. The minimum atomic E-state index is -0.0323. The first-order chi connectivity index (χ1) is 13.2. The fourth-order valence-electron chi connectivity index (χ4n) is 4.30. The number of hydrogen-bond donors (Lipinski definition) is 1. The highest BCUT2D eigenvalue weighted by Gasteiger charge is 2.55. The van der Waals surface area contributed by atoms with Crippen LogP contribution in [0.2, 0.25) is 0 Å². The molecule has 0 bridgehead atoms. The monoisotopic (exact) mass is 362 g/mol. The van der Waals surface area contributed by atoms with E-state index in [1.165, 1.54) is 0 Å². The largest absolute Gasteiger partial charge is 0.353 e. The second-order valence-corrected chi connectivity index (χ2v) is 7.58. The molecule has 4 rings (SSSR count). The van der Waals surface area contributed by atoms with Crippen LogP contribution in [0.25, 0.3) is 6.08 Å². The number of fused-ring (bicyclic) bond motifs is 1. The van der Waals surface area contributed by atoms with Crippen LogP contribution in [0.4, 0.5) is 0 Å². The molecule has 4 atom stereocenters. The number of rotatable bonds is 7. The summed E-state index contributed by atoms with van der Waals surface area (Å²) in [6.07, 6.45) is 9.80. The normalized spacial score (nSPS) is 25.3. The highest BCUT2D eigenvalue weighted by atomic mass is 16.1. The molecule has 27 heavy (non-hydrogen) atoms. The first-order valence-corrected chi connectivity index (χ1v) is 9.73. The Bertz CT molecular complexity index is 780. The van der Waals surface area contributed by atoms with E-state index in [1.54, 1.807) is 24.5 Å². The van der Waals surface area contributed by atoms with Crippen LogP contribution >= 0.6 is 0 Å². The minimum Gasteiger partial charge on any atom is -0.353 e. The standard InChI is InChI=1S/C22H26N4O/c1-16(21-6-2-3-11-24-21)26-14-19-18(20(19)15-26)9-12-25-22(27)8-7-17-5-4-10-23-13-17/h2-8,10-11,13,16,18-20H,9,12,14-15H2,1H3,(H,25,27)/b8-7+/t16?,18-,19-,20+. The molecule has 1 unspecified atom stereocenters. The fraction of sp³-hybridized carbons (Fsp3) is 0.409. The third kappa shape index (κ3) is 4.25. The van der Waals surface area contributed by atoms with Gasteiger partial charge in [0.05, 0.1) is 5.69 Å². The van der Waals surface area contributed by atoms with Crippen LogP contribution in [-0.2, 0) is 4.79 Å². The molecule has 5 nitrogen and oxygen atoms in total. The lowest BCUT2D eigenvalue weighted by Gasteiger charge is -2.26. The molecule has 1 aliphatic heterocycles. The van der Waals surface area contributed by atoms with Crippen LogP contribution in [0.3, 0.4) is 0 Å². The van der Waals surface area contributed by atoms with Crippen LogP contribution in [0.15, 0.2) is 55.0 Å². The van der Waals surface area contributed by atoms with Crippen molar-refractivity contribution in [1.29, 1.82) is 0 Å². The van der Waals surface area contributed by atoms with E-state index in [1.807, 2.05) is 24.4 Å². The highest BCUT2D eigenvalue weighted by molar-refractivity contribution is 5.91. The predicted molar refractivity (Wildman–Crippen MR) is 106 cm³/mol. The molecular weight excluding hydrogens is 336 g/mol. The van der Waals surface area contributed by atoms with Crippen molar-refractivity contribution in [3.8, 4) is 0 Å². The molecule has 140 valence electrons. The van der Waals surface area contributed by atoms with E-state index in [2.05, 4.69) is 39.2 Å². The zero-order valence-electron chi connectivity index (χ0n) is 15.7. The average Bonchev–Trinajstić information content (AvgIpc) is 3.16. The number of pyridine rings is 2. The van der Waals surface area contributed by atoms with Crippen LogP contribution in [0.5, 0.6) is 0 Å². The third-order valence-corrected chi connectivity index (χ3v) is 5.95. The van der Waals surface area contributed by atoms with Crippen LogP contribution in [-0.4, -0.2) is 40.4 Å². The SMILES string of the molecule is CC(c1ccccn1)N1C[C@@H]2[C@@H](CCNC(=O)/C=C/c3cccnc3)[C@@H]2C1. The Balaban J connectivity index is 1.16. The molecule has 1 N–H and O–H groups in total. The first-order valence-electron chi connectivity index (χ1n) is 9.73. The maximum Gasteiger partial charge on any atom is 0.244 e. The van der Waals surface area contributed by atoms with Crippen molar-refractivity contribution in [3.63, 3.8) is 0 Å². The number of hydrogen-bond acceptors (Lipinski definition) is 4. The van der Waals surface area contributed by atoms with E-state index in [9.17, 15) is 4.79 Å². The average molecular weight is 362 g/mol. The van der Waals surface area contributed by atoms with Crippen LogP contribution in [0, 0.1) is 17.8 Å². The van der Waals surface area contributed by atoms with E-state index >= 15 is 0 Å². The van der Waals surface area contributed by atoms with Gasteiger partial charge in [-0.25, -0.2) is 0 Å². The lowest BCUT2D eigenvalue weighted by molar-refractivity contribution is -0.116. The molecule has 3 heterocycles. The van der Waals surface area contributed by atoms with Gasteiger partial charge in [0.25, 0.3) is 0 Å². The molecule has 0 radical (unpaired) electrons. The molecule has 5 heteroatoms. The number of nitrogens with zero attached hydrogens (tertiary/aromatic N) is 3. The maximum absolute atomic E-state index is 11.9. The predicted octanol–water partition coefficient (Wildman–Crippen LogP) is 2.94. The third-order valence-electron chi connectivity index (χ3n) is 5.95. The molecule has 1 aliphatic carbocycles. The Labute approximate surface area is 160 Å². The van der Waals surface area contributed by atoms with Crippen molar-refractivity contribution < 1.29 is 4.79 Å². The van der Waals surface area contributed by atoms with Gasteiger partial charge in [-0.2, -0.15) is 0 Å². The molecule has 2 fully saturated rings. The van der Waals surface area contributed by atoms with Crippen molar-refractivity contribution in [2.45, 2.75) is 19.4 Å². The number of piperidine rings is 1. The Morgan fingerprint density at radius 1 is 1.26 bits per heavy atom. The van der Waals surface area contributed by atoms with Gasteiger partial charge in [0.15, 0.2) is 0 Å². The van der Waals surface area contributed by atoms with E-state index in [0.29, 0.717) is 6.04 Å². The summed E-state index contributed by atoms with van der Waals surface area (Å²) in [6, 6.07) is 10.3. The molecule has 1 saturated heterocycles. The van der Waals surface area contributed by atoms with Crippen molar-refractivity contribution >= 4 is 12.0 Å². The quantitative estimate of drug-likeness (QED) is 0.770. The van der Waals surface area contributed by atoms with Gasteiger partial charge in [-0.1, -0.05) is 12.1 Å². The number of amides is 1. The van der Waals surface area contributed by atoms with E-state index in [-0.39, 0.29) is 5.91 Å². The van der Waals surface area contributed by atoms with Gasteiger partial charge in [-0.05, 0) is 60.9 Å². The Hall–Kier alpha value is -2.53. The van der Waals surface area contributed by atoms with Gasteiger partial charge in [0.2, 0.25) is 5.91 Å². The smallest absolute Gasteiger partial charge is 0.244 e. The topological polar surface area (TPSA) is 58.1 Å². The van der Waals surface area contributed by atoms with Gasteiger partial charge in [0, 0.05) is 50.3 Å². The second-order valence-electron chi connectivity index (χ2n) is 7.58. The summed E-state index contributed by atoms with van der Waals surface area (Å²) >= 11 is 0. The van der Waals surface area contributed by atoms with Crippen molar-refractivity contribution in [1.82, 2.24) is 20.2 Å². The van der Waals surface area contributed by atoms with Crippen molar-refractivity contribution in [2.24, 2.45) is 17.8 Å². The Morgan fingerprint density at radius 2 is 2.11 bits per heavy atom. The van der Waals surface area contributed by atoms with Crippen molar-refractivity contribution in [3.05, 3.63) is 66.3 Å². The van der Waals surface area contributed by atoms with E-state index < -0.39 is 0 Å². The summed E-state index contributed by atoms with van der Waals surface area (Å²) < 4.78 is 0. The maximum atomic E-state index is 11.9. The summed E-state index contributed by atoms with van der Waals surface area (Å²) in [6.45, 7) is 5.31. The minimum absolute atomic E-state index is 0.0323. The molecule has 0 spiro atoms. The van der Waals surface area contributed by atoms with E-state index in [4.69, 9.17) is 0 Å². The van der Waals surface area contributed by atoms with Gasteiger partial charge in [-0.15, -0.1) is 0 Å². The summed E-state index contributed by atoms with van der Waals surface area (Å²) in [5, 5.41) is 3.00. The van der Waals surface area contributed by atoms with Gasteiger partial charge in [0.1, 0.15) is 0 Å². The molecular formula is C22H26N4O. The molecule has 2 aromatic rings. The second kappa shape index (κ2) is 8.01. The van der Waals surface area contributed by atoms with Crippen LogP contribution < -0.4 is 5.32 Å². The lowest BCUT2D eigenvalue weighted by atomic mass is 10.1. The molecule has 2 aliphatic rings. The number of likely N-dealkylation sites (tertiary alicyclic amines) is 1. The van der Waals surface area contributed by atoms with Gasteiger partial charge < -0.3 is 5.32 Å². The Morgan fingerprint density at radius 3 is 2.81 bits per heavy atom. The zero-order valence-corrected chi connectivity index (χ0v) is 15.7. The highest BCUT2D eigenvalue weighted by Crippen LogP contribution is 2.54. The number of nitrogens with one attached hydrogen (secondary N) is 1. The lowest BCUT2D eigenvalue weighted by Crippen LogP contribution is -2.29. The van der Waals surface area contributed by atoms with Crippen molar-refractivity contribution in [2.75, 3.05) is 19.6 Å². The fourth-order valence-corrected chi connectivity index (χ4v) is 4.30. The summed E-state index contributed by atoms with van der Waals surface area (Å²) in [7, 11) is 0. The number of carbonyl (C=O) groups excluding carboxylic acids is 1. The molecule has 1 amide bonds. The summed E-state index contributed by atoms with van der Waals surface area (Å²) in [5.74, 6) is 2.31. The Kier molecular flexibility index (Phi) is 5.30.